The van der Waals surface area contributed by atoms with Crippen molar-refractivity contribution in [3.8, 4) is 5.75 Å². The van der Waals surface area contributed by atoms with Crippen LogP contribution in [0.2, 0.25) is 0 Å². The summed E-state index contributed by atoms with van der Waals surface area (Å²) in [5, 5.41) is 5.86. The number of amides is 1. The van der Waals surface area contributed by atoms with Crippen LogP contribution in [0.15, 0.2) is 54.2 Å². The quantitative estimate of drug-likeness (QED) is 0.748. The number of aryl methyl sites for hydroxylation is 1. The second kappa shape index (κ2) is 7.70. The number of hydrogen-bond acceptors (Lipinski definition) is 5. The van der Waals surface area contributed by atoms with Crippen LogP contribution >= 0.6 is 11.3 Å². The van der Waals surface area contributed by atoms with Gasteiger partial charge in [-0.2, -0.15) is 0 Å². The molecule has 5 nitrogen and oxygen atoms in total. The normalized spacial score (nSPS) is 10.4. The molecule has 0 fully saturated rings. The van der Waals surface area contributed by atoms with Crippen molar-refractivity contribution in [2.24, 2.45) is 0 Å². The van der Waals surface area contributed by atoms with Crippen molar-refractivity contribution in [2.45, 2.75) is 20.1 Å². The van der Waals surface area contributed by atoms with E-state index in [4.69, 9.17) is 4.74 Å². The lowest BCUT2D eigenvalue weighted by Crippen LogP contribution is -2.22. The molecule has 3 rings (SSSR count). The van der Waals surface area contributed by atoms with E-state index in [1.54, 1.807) is 41.9 Å². The number of ether oxygens (including phenoxy) is 1. The van der Waals surface area contributed by atoms with Gasteiger partial charge in [-0.25, -0.2) is 4.98 Å². The molecule has 1 N–H and O–H groups in total. The van der Waals surface area contributed by atoms with Crippen LogP contribution in [0.4, 0.5) is 0 Å². The Morgan fingerprint density at radius 3 is 2.96 bits per heavy atom. The Morgan fingerprint density at radius 2 is 2.21 bits per heavy atom. The Bertz CT molecular complexity index is 818. The van der Waals surface area contributed by atoms with Gasteiger partial charge in [-0.15, -0.1) is 11.3 Å². The maximum Gasteiger partial charge on any atom is 0.251 e. The van der Waals surface area contributed by atoms with Crippen LogP contribution in [0.5, 0.6) is 5.75 Å². The van der Waals surface area contributed by atoms with Gasteiger partial charge in [0.15, 0.2) is 0 Å². The third-order valence-electron chi connectivity index (χ3n) is 3.33. The highest BCUT2D eigenvalue weighted by atomic mass is 32.1. The number of hydrogen-bond donors (Lipinski definition) is 1. The van der Waals surface area contributed by atoms with Crippen molar-refractivity contribution in [1.82, 2.24) is 15.3 Å². The Labute approximate surface area is 144 Å². The molecule has 24 heavy (non-hydrogen) atoms. The topological polar surface area (TPSA) is 64.1 Å². The Morgan fingerprint density at radius 1 is 1.29 bits per heavy atom. The largest absolute Gasteiger partial charge is 0.487 e. The molecule has 0 saturated heterocycles. The van der Waals surface area contributed by atoms with Gasteiger partial charge in [0.25, 0.3) is 5.91 Å². The van der Waals surface area contributed by atoms with Gasteiger partial charge in [0.2, 0.25) is 0 Å². The van der Waals surface area contributed by atoms with Gasteiger partial charge in [-0.1, -0.05) is 12.1 Å². The number of rotatable bonds is 6. The molecule has 3 aromatic rings. The lowest BCUT2D eigenvalue weighted by atomic mass is 10.2. The first-order valence-corrected chi connectivity index (χ1v) is 8.39. The highest BCUT2D eigenvalue weighted by Gasteiger charge is 2.07. The monoisotopic (exact) mass is 339 g/mol. The molecule has 2 aromatic heterocycles. The summed E-state index contributed by atoms with van der Waals surface area (Å²) in [6.45, 7) is 2.79. The van der Waals surface area contributed by atoms with Crippen LogP contribution in [0.3, 0.4) is 0 Å². The van der Waals surface area contributed by atoms with Crippen molar-refractivity contribution in [3.05, 3.63) is 76.0 Å². The minimum atomic E-state index is -0.145. The van der Waals surface area contributed by atoms with E-state index in [2.05, 4.69) is 15.3 Å². The Hall–Kier alpha value is -2.73. The van der Waals surface area contributed by atoms with E-state index in [1.807, 2.05) is 30.5 Å². The predicted molar refractivity (Wildman–Crippen MR) is 93.0 cm³/mol. The average molecular weight is 339 g/mol. The van der Waals surface area contributed by atoms with Gasteiger partial charge < -0.3 is 10.1 Å². The molecule has 2 heterocycles. The van der Waals surface area contributed by atoms with Crippen LogP contribution < -0.4 is 10.1 Å². The second-order valence-electron chi connectivity index (χ2n) is 5.22. The molecule has 0 atom stereocenters. The Kier molecular flexibility index (Phi) is 5.18. The van der Waals surface area contributed by atoms with E-state index in [0.717, 1.165) is 16.3 Å². The average Bonchev–Trinajstić information content (AvgIpc) is 3.04. The van der Waals surface area contributed by atoms with Gasteiger partial charge in [-0.3, -0.25) is 9.78 Å². The molecule has 0 saturated carbocycles. The van der Waals surface area contributed by atoms with Crippen molar-refractivity contribution < 1.29 is 9.53 Å². The molecule has 0 radical (unpaired) electrons. The number of carbonyl (C=O) groups excluding carboxylic acids is 1. The first kappa shape index (κ1) is 16.1. The van der Waals surface area contributed by atoms with Crippen LogP contribution in [0, 0.1) is 6.92 Å². The minimum Gasteiger partial charge on any atom is -0.487 e. The summed E-state index contributed by atoms with van der Waals surface area (Å²) in [6.07, 6.45) is 3.44. The lowest BCUT2D eigenvalue weighted by Gasteiger charge is -2.08. The first-order valence-electron chi connectivity index (χ1n) is 7.52. The first-order chi connectivity index (χ1) is 11.7. The van der Waals surface area contributed by atoms with E-state index >= 15 is 0 Å². The van der Waals surface area contributed by atoms with Gasteiger partial charge in [0, 0.05) is 29.9 Å². The van der Waals surface area contributed by atoms with Crippen molar-refractivity contribution in [3.63, 3.8) is 0 Å². The minimum absolute atomic E-state index is 0.145. The van der Waals surface area contributed by atoms with E-state index in [1.165, 1.54) is 0 Å². The zero-order valence-electron chi connectivity index (χ0n) is 13.2. The molecular weight excluding hydrogens is 322 g/mol. The number of pyridine rings is 1. The molecule has 0 aliphatic heterocycles. The standard InChI is InChI=1S/C18H17N3O2S/c1-13-21-16(12-24-13)11-23-17-6-2-5-15(8-17)18(22)20-10-14-4-3-7-19-9-14/h2-9,12H,10-11H2,1H3,(H,20,22). The molecule has 6 heteroatoms. The van der Waals surface area contributed by atoms with Gasteiger partial charge >= 0.3 is 0 Å². The maximum atomic E-state index is 12.3. The van der Waals surface area contributed by atoms with E-state index < -0.39 is 0 Å². The van der Waals surface area contributed by atoms with E-state index in [0.29, 0.717) is 24.5 Å². The zero-order chi connectivity index (χ0) is 16.8. The molecule has 0 unspecified atom stereocenters. The molecule has 1 aromatic carbocycles. The number of nitrogens with one attached hydrogen (secondary N) is 1. The molecule has 0 aliphatic carbocycles. The Balaban J connectivity index is 1.58. The third kappa shape index (κ3) is 4.39. The number of nitrogens with zero attached hydrogens (tertiary/aromatic N) is 2. The summed E-state index contributed by atoms with van der Waals surface area (Å²) in [4.78, 5) is 20.6. The number of thiazole rings is 1. The molecule has 0 aliphatic rings. The fourth-order valence-electron chi connectivity index (χ4n) is 2.15. The summed E-state index contributed by atoms with van der Waals surface area (Å²) in [5.74, 6) is 0.503. The zero-order valence-corrected chi connectivity index (χ0v) is 14.0. The summed E-state index contributed by atoms with van der Waals surface area (Å²) in [5.41, 5.74) is 2.41. The lowest BCUT2D eigenvalue weighted by molar-refractivity contribution is 0.0950. The fourth-order valence-corrected chi connectivity index (χ4v) is 2.74. The van der Waals surface area contributed by atoms with Crippen molar-refractivity contribution in [1.29, 1.82) is 0 Å². The van der Waals surface area contributed by atoms with Crippen LogP contribution in [0.25, 0.3) is 0 Å². The summed E-state index contributed by atoms with van der Waals surface area (Å²) < 4.78 is 5.71. The van der Waals surface area contributed by atoms with E-state index in [9.17, 15) is 4.79 Å². The third-order valence-corrected chi connectivity index (χ3v) is 4.15. The molecule has 1 amide bonds. The van der Waals surface area contributed by atoms with Gasteiger partial charge in [0.1, 0.15) is 12.4 Å². The van der Waals surface area contributed by atoms with Crippen LogP contribution in [0.1, 0.15) is 26.6 Å². The maximum absolute atomic E-state index is 12.3. The predicted octanol–water partition coefficient (Wildman–Crippen LogP) is 3.36. The van der Waals surface area contributed by atoms with E-state index in [-0.39, 0.29) is 5.91 Å². The van der Waals surface area contributed by atoms with Crippen LogP contribution in [-0.4, -0.2) is 15.9 Å². The van der Waals surface area contributed by atoms with Gasteiger partial charge in [0.05, 0.1) is 10.7 Å². The van der Waals surface area contributed by atoms with Crippen molar-refractivity contribution in [2.75, 3.05) is 0 Å². The number of carbonyl (C=O) groups is 1. The smallest absolute Gasteiger partial charge is 0.251 e. The van der Waals surface area contributed by atoms with Crippen LogP contribution in [-0.2, 0) is 13.2 Å². The highest BCUT2D eigenvalue weighted by molar-refractivity contribution is 7.09. The second-order valence-corrected chi connectivity index (χ2v) is 6.28. The molecular formula is C18H17N3O2S. The molecule has 0 bridgehead atoms. The molecule has 0 spiro atoms. The number of aromatic nitrogens is 2. The fraction of sp³-hybridized carbons (Fsp3) is 0.167. The SMILES string of the molecule is Cc1nc(COc2cccc(C(=O)NCc3cccnc3)c2)cs1. The summed E-state index contributed by atoms with van der Waals surface area (Å²) >= 11 is 1.59. The summed E-state index contributed by atoms with van der Waals surface area (Å²) in [7, 11) is 0. The van der Waals surface area contributed by atoms with Crippen molar-refractivity contribution >= 4 is 17.2 Å². The highest BCUT2D eigenvalue weighted by Crippen LogP contribution is 2.16. The number of benzene rings is 1. The summed E-state index contributed by atoms with van der Waals surface area (Å²) in [6, 6.07) is 10.9. The van der Waals surface area contributed by atoms with Gasteiger partial charge in [-0.05, 0) is 36.8 Å². The molecule has 122 valence electrons.